The number of fused-ring (bicyclic) bond motifs is 1. The van der Waals surface area contributed by atoms with Crippen molar-refractivity contribution in [1.29, 1.82) is 5.26 Å². The van der Waals surface area contributed by atoms with Crippen molar-refractivity contribution < 1.29 is 14.4 Å². The van der Waals surface area contributed by atoms with Gasteiger partial charge in [0, 0.05) is 0 Å². The van der Waals surface area contributed by atoms with Crippen LogP contribution in [0.1, 0.15) is 11.7 Å². The average molecular weight is 251 g/mol. The molecule has 4 nitrogen and oxygen atoms in total. The van der Waals surface area contributed by atoms with E-state index in [4.69, 9.17) is 14.7 Å². The van der Waals surface area contributed by atoms with Crippen LogP contribution in [0.5, 0.6) is 11.5 Å². The van der Waals surface area contributed by atoms with Crippen LogP contribution in [0, 0.1) is 11.3 Å². The Bertz CT molecular complexity index is 639. The fraction of sp³-hybridized carbons (Fsp3) is 0.0714. The maximum absolute atomic E-state index is 9.74. The highest BCUT2D eigenvalue weighted by Gasteiger charge is 2.35. The van der Waals surface area contributed by atoms with E-state index in [0.29, 0.717) is 22.5 Å². The third kappa shape index (κ3) is 2.19. The summed E-state index contributed by atoms with van der Waals surface area (Å²) in [5.74, 6) is 1.32. The zero-order valence-electron chi connectivity index (χ0n) is 9.98. The predicted molar refractivity (Wildman–Crippen MR) is 70.0 cm³/mol. The van der Waals surface area contributed by atoms with Crippen molar-refractivity contribution in [3.63, 3.8) is 0 Å². The summed E-state index contributed by atoms with van der Waals surface area (Å²) in [5, 5.41) is 18.7. The van der Waals surface area contributed by atoms with Crippen LogP contribution >= 0.6 is 0 Å². The number of ether oxygens (including phenoxy) is 1. The van der Waals surface area contributed by atoms with Crippen molar-refractivity contribution in [3.8, 4) is 17.6 Å². The van der Waals surface area contributed by atoms with Crippen LogP contribution in [-0.2, 0) is 4.65 Å². The molecule has 92 valence electrons. The molecule has 1 aliphatic heterocycles. The van der Waals surface area contributed by atoms with Crippen LogP contribution in [0.3, 0.4) is 0 Å². The maximum Gasteiger partial charge on any atom is 0.492 e. The molecule has 0 amide bonds. The average Bonchev–Trinajstić information content (AvgIpc) is 2.76. The van der Waals surface area contributed by atoms with E-state index in [1.807, 2.05) is 36.4 Å². The molecule has 1 heterocycles. The monoisotopic (exact) mass is 251 g/mol. The fourth-order valence-electron chi connectivity index (χ4n) is 2.07. The molecule has 1 aliphatic rings. The Morgan fingerprint density at radius 2 is 1.95 bits per heavy atom. The number of hydrogen-bond donors (Lipinski definition) is 1. The molecule has 1 atom stereocenters. The van der Waals surface area contributed by atoms with Gasteiger partial charge in [-0.15, -0.1) is 0 Å². The molecular formula is C14H10BNO3. The first kappa shape index (κ1) is 11.8. The quantitative estimate of drug-likeness (QED) is 0.826. The summed E-state index contributed by atoms with van der Waals surface area (Å²) in [6, 6.07) is 16.6. The van der Waals surface area contributed by atoms with Gasteiger partial charge in [0.25, 0.3) is 0 Å². The number of para-hydroxylation sites is 1. The topological polar surface area (TPSA) is 62.5 Å². The Hall–Kier alpha value is -2.29. The summed E-state index contributed by atoms with van der Waals surface area (Å²) in [6.07, 6.45) is -0.712. The lowest BCUT2D eigenvalue weighted by molar-refractivity contribution is 0.239. The normalized spacial score (nSPS) is 16.8. The van der Waals surface area contributed by atoms with Crippen molar-refractivity contribution in [1.82, 2.24) is 0 Å². The number of hydrogen-bond acceptors (Lipinski definition) is 4. The fourth-order valence-corrected chi connectivity index (χ4v) is 2.07. The van der Waals surface area contributed by atoms with Gasteiger partial charge in [-0.25, -0.2) is 0 Å². The number of nitriles is 1. The Kier molecular flexibility index (Phi) is 2.96. The molecule has 3 rings (SSSR count). The molecule has 0 bridgehead atoms. The molecule has 0 aromatic heterocycles. The van der Waals surface area contributed by atoms with Gasteiger partial charge in [-0.2, -0.15) is 5.26 Å². The van der Waals surface area contributed by atoms with E-state index in [2.05, 4.69) is 0 Å². The largest absolute Gasteiger partial charge is 0.492 e. The summed E-state index contributed by atoms with van der Waals surface area (Å²) >= 11 is 0. The molecule has 5 heteroatoms. The Balaban J connectivity index is 1.91. The third-order valence-corrected chi connectivity index (χ3v) is 2.97. The second-order valence-corrected chi connectivity index (χ2v) is 4.20. The molecule has 0 aliphatic carbocycles. The van der Waals surface area contributed by atoms with E-state index in [9.17, 15) is 5.02 Å². The second-order valence-electron chi connectivity index (χ2n) is 4.20. The molecule has 2 aromatic carbocycles. The molecule has 1 N–H and O–H groups in total. The van der Waals surface area contributed by atoms with Gasteiger partial charge >= 0.3 is 7.12 Å². The van der Waals surface area contributed by atoms with Gasteiger partial charge in [-0.05, 0) is 35.3 Å². The summed E-state index contributed by atoms with van der Waals surface area (Å²) in [5.41, 5.74) is 1.27. The smallest absolute Gasteiger partial charge is 0.457 e. The zero-order valence-corrected chi connectivity index (χ0v) is 9.98. The maximum atomic E-state index is 9.74. The van der Waals surface area contributed by atoms with Crippen molar-refractivity contribution in [2.75, 3.05) is 0 Å². The highest BCUT2D eigenvalue weighted by Crippen LogP contribution is 2.27. The van der Waals surface area contributed by atoms with Gasteiger partial charge in [0.2, 0.25) is 0 Å². The number of nitrogens with zero attached hydrogens (tertiary/aromatic N) is 1. The van der Waals surface area contributed by atoms with Crippen LogP contribution in [0.2, 0.25) is 0 Å². The molecular weight excluding hydrogens is 241 g/mol. The molecule has 19 heavy (non-hydrogen) atoms. The van der Waals surface area contributed by atoms with Gasteiger partial charge in [0.1, 0.15) is 11.5 Å². The van der Waals surface area contributed by atoms with Crippen molar-refractivity contribution in [3.05, 3.63) is 54.1 Å². The summed E-state index contributed by atoms with van der Waals surface area (Å²) in [6.45, 7) is 0. The third-order valence-electron chi connectivity index (χ3n) is 2.97. The van der Waals surface area contributed by atoms with E-state index >= 15 is 0 Å². The Morgan fingerprint density at radius 1 is 1.16 bits per heavy atom. The first-order valence-corrected chi connectivity index (χ1v) is 5.88. The van der Waals surface area contributed by atoms with Crippen LogP contribution in [0.25, 0.3) is 0 Å². The van der Waals surface area contributed by atoms with Crippen molar-refractivity contribution >= 4 is 12.6 Å². The van der Waals surface area contributed by atoms with Crippen LogP contribution in [0.4, 0.5) is 0 Å². The highest BCUT2D eigenvalue weighted by molar-refractivity contribution is 6.61. The molecule has 0 radical (unpaired) electrons. The predicted octanol–water partition coefficient (Wildman–Crippen LogP) is 1.76. The van der Waals surface area contributed by atoms with Gasteiger partial charge in [0.05, 0.1) is 6.07 Å². The summed E-state index contributed by atoms with van der Waals surface area (Å²) in [7, 11) is -1.07. The minimum Gasteiger partial charge on any atom is -0.457 e. The molecule has 0 spiro atoms. The minimum atomic E-state index is -1.07. The highest BCUT2D eigenvalue weighted by atomic mass is 16.5. The number of rotatable bonds is 2. The lowest BCUT2D eigenvalue weighted by Gasteiger charge is -2.07. The Morgan fingerprint density at radius 3 is 2.68 bits per heavy atom. The van der Waals surface area contributed by atoms with Crippen LogP contribution < -0.4 is 10.2 Å². The first-order valence-electron chi connectivity index (χ1n) is 5.88. The molecule has 0 saturated heterocycles. The van der Waals surface area contributed by atoms with Gasteiger partial charge in [0.15, 0.2) is 6.10 Å². The van der Waals surface area contributed by atoms with E-state index in [1.54, 1.807) is 18.2 Å². The van der Waals surface area contributed by atoms with Crippen molar-refractivity contribution in [2.24, 2.45) is 0 Å². The number of benzene rings is 2. The summed E-state index contributed by atoms with van der Waals surface area (Å²) in [4.78, 5) is 0. The second kappa shape index (κ2) is 4.77. The standard InChI is InChI=1S/C14H10BNO3/c16-9-14-12-7-6-11(8-13(12)15(17)19-14)18-10-4-2-1-3-5-10/h1-8,14,17H. The molecule has 2 aromatic rings. The van der Waals surface area contributed by atoms with E-state index in [-0.39, 0.29) is 0 Å². The molecule has 1 unspecified atom stereocenters. The van der Waals surface area contributed by atoms with Gasteiger partial charge < -0.3 is 14.4 Å². The summed E-state index contributed by atoms with van der Waals surface area (Å²) < 4.78 is 10.8. The van der Waals surface area contributed by atoms with E-state index < -0.39 is 13.2 Å². The Labute approximate surface area is 111 Å². The molecule has 0 fully saturated rings. The van der Waals surface area contributed by atoms with Crippen LogP contribution in [-0.4, -0.2) is 12.1 Å². The minimum absolute atomic E-state index is 0.583. The molecule has 0 saturated carbocycles. The van der Waals surface area contributed by atoms with Gasteiger partial charge in [-0.3, -0.25) is 0 Å². The first-order chi connectivity index (χ1) is 9.28. The lowest BCUT2D eigenvalue weighted by Crippen LogP contribution is -2.27. The van der Waals surface area contributed by atoms with Gasteiger partial charge in [-0.1, -0.05) is 24.3 Å². The zero-order chi connectivity index (χ0) is 13.2. The SMILES string of the molecule is N#CC1OB(O)c2cc(Oc3ccccc3)ccc21. The lowest BCUT2D eigenvalue weighted by atomic mass is 9.79. The van der Waals surface area contributed by atoms with Crippen molar-refractivity contribution in [2.45, 2.75) is 6.10 Å². The van der Waals surface area contributed by atoms with E-state index in [1.165, 1.54) is 0 Å². The van der Waals surface area contributed by atoms with Crippen LogP contribution in [0.15, 0.2) is 48.5 Å². The van der Waals surface area contributed by atoms with E-state index in [0.717, 1.165) is 0 Å².